The smallest absolute Gasteiger partial charge is 0.323 e. The van der Waals surface area contributed by atoms with Crippen LogP contribution in [0.15, 0.2) is 0 Å². The van der Waals surface area contributed by atoms with Crippen molar-refractivity contribution in [2.75, 3.05) is 0 Å². The topological polar surface area (TPSA) is 89.9 Å². The molecule has 6 heteroatoms. The molecule has 3 saturated heterocycles. The van der Waals surface area contributed by atoms with Crippen molar-refractivity contribution in [2.24, 2.45) is 11.3 Å². The Kier molecular flexibility index (Phi) is 1.72. The molecule has 16 heavy (non-hydrogen) atoms. The van der Waals surface area contributed by atoms with Crippen molar-refractivity contribution in [1.29, 1.82) is 0 Å². The highest BCUT2D eigenvalue weighted by atomic mass is 16.6. The van der Waals surface area contributed by atoms with Gasteiger partial charge in [0.15, 0.2) is 0 Å². The summed E-state index contributed by atoms with van der Waals surface area (Å²) in [6, 6.07) is 0. The van der Waals surface area contributed by atoms with Gasteiger partial charge in [-0.1, -0.05) is 0 Å². The van der Waals surface area contributed by atoms with Gasteiger partial charge in [-0.05, 0) is 12.8 Å². The fourth-order valence-corrected chi connectivity index (χ4v) is 3.24. The molecular formula is C10H10O6. The van der Waals surface area contributed by atoms with E-state index in [1.165, 1.54) is 0 Å². The highest BCUT2D eigenvalue weighted by Crippen LogP contribution is 2.57. The van der Waals surface area contributed by atoms with Crippen LogP contribution in [0.25, 0.3) is 0 Å². The molecule has 0 saturated carbocycles. The number of aliphatic carboxylic acids is 1. The van der Waals surface area contributed by atoms with Gasteiger partial charge in [0.2, 0.25) is 0 Å². The monoisotopic (exact) mass is 226 g/mol. The minimum Gasteiger partial charge on any atom is -0.481 e. The van der Waals surface area contributed by atoms with Crippen LogP contribution in [0.5, 0.6) is 0 Å². The minimum atomic E-state index is -1.26. The quantitative estimate of drug-likeness (QED) is 0.514. The van der Waals surface area contributed by atoms with Crippen molar-refractivity contribution in [3.63, 3.8) is 0 Å². The first-order valence-electron chi connectivity index (χ1n) is 5.19. The van der Waals surface area contributed by atoms with Gasteiger partial charge in [-0.3, -0.25) is 14.4 Å². The minimum absolute atomic E-state index is 0.344. The zero-order valence-corrected chi connectivity index (χ0v) is 8.34. The number of esters is 2. The number of ether oxygens (including phenoxy) is 2. The number of carboxylic acids is 1. The molecule has 4 atom stereocenters. The van der Waals surface area contributed by atoms with Gasteiger partial charge in [0.25, 0.3) is 0 Å². The van der Waals surface area contributed by atoms with Crippen molar-refractivity contribution in [2.45, 2.75) is 31.5 Å². The second kappa shape index (κ2) is 2.82. The lowest BCUT2D eigenvalue weighted by Gasteiger charge is -2.28. The summed E-state index contributed by atoms with van der Waals surface area (Å²) in [6.45, 7) is 0. The van der Waals surface area contributed by atoms with Gasteiger partial charge in [-0.15, -0.1) is 0 Å². The molecule has 3 rings (SSSR count). The van der Waals surface area contributed by atoms with Gasteiger partial charge in [-0.25, -0.2) is 0 Å². The maximum Gasteiger partial charge on any atom is 0.323 e. The second-order valence-corrected chi connectivity index (χ2v) is 4.54. The van der Waals surface area contributed by atoms with Gasteiger partial charge < -0.3 is 14.6 Å². The molecule has 86 valence electrons. The van der Waals surface area contributed by atoms with Crippen LogP contribution in [0.4, 0.5) is 0 Å². The summed E-state index contributed by atoms with van der Waals surface area (Å²) >= 11 is 0. The summed E-state index contributed by atoms with van der Waals surface area (Å²) in [5, 5.41) is 8.87. The lowest BCUT2D eigenvalue weighted by atomic mass is 9.66. The first kappa shape index (κ1) is 9.77. The van der Waals surface area contributed by atoms with Crippen LogP contribution < -0.4 is 0 Å². The van der Waals surface area contributed by atoms with E-state index in [1.54, 1.807) is 0 Å². The number of carbonyl (C=O) groups excluding carboxylic acids is 2. The molecule has 6 nitrogen and oxygen atoms in total. The lowest BCUT2D eigenvalue weighted by molar-refractivity contribution is -0.161. The predicted octanol–water partition coefficient (Wildman–Crippen LogP) is -0.292. The van der Waals surface area contributed by atoms with Crippen molar-refractivity contribution in [1.82, 2.24) is 0 Å². The molecule has 0 aromatic rings. The van der Waals surface area contributed by atoms with Gasteiger partial charge in [0, 0.05) is 0 Å². The normalized spacial score (nSPS) is 44.6. The van der Waals surface area contributed by atoms with Crippen LogP contribution in [0.1, 0.15) is 19.3 Å². The first-order valence-corrected chi connectivity index (χ1v) is 5.19. The number of fused-ring (bicyclic) bond motifs is 5. The Labute approximate surface area is 90.5 Å². The summed E-state index contributed by atoms with van der Waals surface area (Å²) in [6.07, 6.45) is 0.111. The molecule has 1 N–H and O–H groups in total. The van der Waals surface area contributed by atoms with E-state index in [4.69, 9.17) is 9.84 Å². The third kappa shape index (κ3) is 0.929. The second-order valence-electron chi connectivity index (χ2n) is 4.54. The molecule has 0 aromatic heterocycles. The lowest BCUT2D eigenvalue weighted by Crippen LogP contribution is -2.44. The molecule has 0 aliphatic carbocycles. The van der Waals surface area contributed by atoms with E-state index in [0.717, 1.165) is 0 Å². The Balaban J connectivity index is 2.07. The van der Waals surface area contributed by atoms with Crippen LogP contribution in [0.2, 0.25) is 0 Å². The summed E-state index contributed by atoms with van der Waals surface area (Å²) in [7, 11) is 0. The Morgan fingerprint density at radius 3 is 2.88 bits per heavy atom. The van der Waals surface area contributed by atoms with Crippen LogP contribution in [-0.2, 0) is 23.9 Å². The average molecular weight is 226 g/mol. The van der Waals surface area contributed by atoms with E-state index < -0.39 is 35.3 Å². The number of cyclic esters (lactones) is 2. The summed E-state index contributed by atoms with van der Waals surface area (Å²) < 4.78 is 10.1. The van der Waals surface area contributed by atoms with Crippen LogP contribution >= 0.6 is 0 Å². The van der Waals surface area contributed by atoms with Gasteiger partial charge >= 0.3 is 17.9 Å². The zero-order valence-electron chi connectivity index (χ0n) is 8.34. The van der Waals surface area contributed by atoms with Crippen molar-refractivity contribution >= 4 is 17.9 Å². The molecule has 3 aliphatic heterocycles. The van der Waals surface area contributed by atoms with E-state index in [9.17, 15) is 14.4 Å². The molecule has 0 radical (unpaired) electrons. The fraction of sp³-hybridized carbons (Fsp3) is 0.700. The molecular weight excluding hydrogens is 216 g/mol. The third-order valence-corrected chi connectivity index (χ3v) is 3.82. The molecule has 3 fully saturated rings. The van der Waals surface area contributed by atoms with Crippen LogP contribution in [-0.4, -0.2) is 35.2 Å². The van der Waals surface area contributed by atoms with Gasteiger partial charge in [-0.2, -0.15) is 0 Å². The number of carbonyl (C=O) groups is 3. The summed E-state index contributed by atoms with van der Waals surface area (Å²) in [4.78, 5) is 34.1. The molecule has 0 aromatic carbocycles. The molecule has 4 unspecified atom stereocenters. The third-order valence-electron chi connectivity index (χ3n) is 3.82. The summed E-state index contributed by atoms with van der Waals surface area (Å²) in [5.41, 5.74) is -1.26. The Morgan fingerprint density at radius 2 is 2.19 bits per heavy atom. The number of hydrogen-bond donors (Lipinski definition) is 1. The average Bonchev–Trinajstić information content (AvgIpc) is 2.79. The summed E-state index contributed by atoms with van der Waals surface area (Å²) in [5.74, 6) is -3.17. The highest BCUT2D eigenvalue weighted by molar-refractivity contribution is 6.02. The molecule has 0 amide bonds. The van der Waals surface area contributed by atoms with Crippen molar-refractivity contribution in [3.8, 4) is 0 Å². The Bertz CT molecular complexity index is 402. The molecule has 3 aliphatic rings. The van der Waals surface area contributed by atoms with E-state index in [0.29, 0.717) is 12.8 Å². The van der Waals surface area contributed by atoms with Crippen molar-refractivity contribution in [3.05, 3.63) is 0 Å². The number of carboxylic acid groups (broad SMARTS) is 1. The number of hydrogen-bond acceptors (Lipinski definition) is 5. The van der Waals surface area contributed by atoms with Crippen molar-refractivity contribution < 1.29 is 29.0 Å². The van der Waals surface area contributed by atoms with Crippen LogP contribution in [0, 0.1) is 11.3 Å². The maximum atomic E-state index is 11.7. The van der Waals surface area contributed by atoms with E-state index in [1.807, 2.05) is 0 Å². The zero-order chi connectivity index (χ0) is 11.5. The van der Waals surface area contributed by atoms with Crippen LogP contribution in [0.3, 0.4) is 0 Å². The largest absolute Gasteiger partial charge is 0.481 e. The standard InChI is InChI=1S/C10H10O6/c11-6(12)3-10-5-2-1-4(15-5)7(10)8(13)16-9(10)14/h4-5,7H,1-3H2,(H,11,12). The van der Waals surface area contributed by atoms with E-state index in [2.05, 4.69) is 4.74 Å². The van der Waals surface area contributed by atoms with Gasteiger partial charge in [0.05, 0.1) is 18.6 Å². The first-order chi connectivity index (χ1) is 7.55. The van der Waals surface area contributed by atoms with E-state index in [-0.39, 0.29) is 12.5 Å². The molecule has 3 heterocycles. The molecule has 0 spiro atoms. The maximum absolute atomic E-state index is 11.7. The number of rotatable bonds is 2. The molecule has 2 bridgehead atoms. The fourth-order valence-electron chi connectivity index (χ4n) is 3.24. The van der Waals surface area contributed by atoms with Gasteiger partial charge in [0.1, 0.15) is 11.3 Å². The Morgan fingerprint density at radius 1 is 1.44 bits per heavy atom. The predicted molar refractivity (Wildman–Crippen MR) is 47.2 cm³/mol. The SMILES string of the molecule is O=C(O)CC12C(=O)OC(=O)C1C1CCC2O1. The van der Waals surface area contributed by atoms with E-state index >= 15 is 0 Å². The Hall–Kier alpha value is -1.43. The highest BCUT2D eigenvalue weighted by Gasteiger charge is 2.72.